The Morgan fingerprint density at radius 1 is 1.13 bits per heavy atom. The van der Waals surface area contributed by atoms with E-state index in [1.165, 1.54) is 0 Å². The lowest BCUT2D eigenvalue weighted by Crippen LogP contribution is -2.43. The Kier molecular flexibility index (Phi) is 5.18. The first-order chi connectivity index (χ1) is 14.4. The van der Waals surface area contributed by atoms with Crippen molar-refractivity contribution < 1.29 is 9.59 Å². The van der Waals surface area contributed by atoms with E-state index in [1.54, 1.807) is 36.8 Å². The van der Waals surface area contributed by atoms with E-state index in [-0.39, 0.29) is 17.2 Å². The molecule has 0 bridgehead atoms. The van der Waals surface area contributed by atoms with Crippen LogP contribution in [-0.4, -0.2) is 28.3 Å². The number of hydrogen-bond acceptors (Lipinski definition) is 5. The molecule has 152 valence electrons. The summed E-state index contributed by atoms with van der Waals surface area (Å²) >= 11 is 0. The largest absolute Gasteiger partial charge is 0.365 e. The second-order valence-electron chi connectivity index (χ2n) is 7.89. The lowest BCUT2D eigenvalue weighted by Gasteiger charge is -2.32. The minimum Gasteiger partial charge on any atom is -0.365 e. The van der Waals surface area contributed by atoms with E-state index in [2.05, 4.69) is 39.8 Å². The number of anilines is 2. The maximum atomic E-state index is 12.9. The fourth-order valence-electron chi connectivity index (χ4n) is 3.51. The quantitative estimate of drug-likeness (QED) is 0.609. The van der Waals surface area contributed by atoms with Crippen LogP contribution in [0.3, 0.4) is 0 Å². The standard InChI is InChI=1S/C23H23N5O2/c1-23(2)14-27-21(29)18-12-16(5-6-19(18)23)28-22(30)17-4-3-9-25-20(17)26-13-15-7-10-24-11-8-15/h3-12H,13-14H2,1-2H3,(H,25,26)(H,27,29)(H,28,30). The SMILES string of the molecule is CC1(C)CNC(=O)c2cc(NC(=O)c3cccnc3NCc3ccncc3)ccc21. The molecule has 3 aromatic rings. The highest BCUT2D eigenvalue weighted by Gasteiger charge is 2.31. The molecule has 1 aliphatic rings. The molecule has 7 nitrogen and oxygen atoms in total. The van der Waals surface area contributed by atoms with Crippen LogP contribution in [0.5, 0.6) is 0 Å². The van der Waals surface area contributed by atoms with E-state index in [4.69, 9.17) is 0 Å². The third-order valence-corrected chi connectivity index (χ3v) is 5.20. The summed E-state index contributed by atoms with van der Waals surface area (Å²) in [6, 6.07) is 12.7. The molecule has 7 heteroatoms. The van der Waals surface area contributed by atoms with Gasteiger partial charge >= 0.3 is 0 Å². The van der Waals surface area contributed by atoms with Crippen LogP contribution in [0.25, 0.3) is 0 Å². The van der Waals surface area contributed by atoms with Gasteiger partial charge in [-0.3, -0.25) is 14.6 Å². The summed E-state index contributed by atoms with van der Waals surface area (Å²) in [4.78, 5) is 33.5. The summed E-state index contributed by atoms with van der Waals surface area (Å²) in [6.45, 7) is 5.28. The minimum absolute atomic E-state index is 0.124. The van der Waals surface area contributed by atoms with Gasteiger partial charge in [0.1, 0.15) is 5.82 Å². The Balaban J connectivity index is 1.54. The molecule has 0 atom stereocenters. The topological polar surface area (TPSA) is 96.0 Å². The van der Waals surface area contributed by atoms with Crippen LogP contribution in [-0.2, 0) is 12.0 Å². The molecule has 0 aliphatic carbocycles. The van der Waals surface area contributed by atoms with Crippen LogP contribution in [0.2, 0.25) is 0 Å². The molecular weight excluding hydrogens is 378 g/mol. The monoisotopic (exact) mass is 401 g/mol. The molecule has 0 spiro atoms. The van der Waals surface area contributed by atoms with Crippen molar-refractivity contribution >= 4 is 23.3 Å². The summed E-state index contributed by atoms with van der Waals surface area (Å²) in [7, 11) is 0. The van der Waals surface area contributed by atoms with Crippen molar-refractivity contribution in [1.82, 2.24) is 15.3 Å². The number of fused-ring (bicyclic) bond motifs is 1. The number of nitrogens with one attached hydrogen (secondary N) is 3. The molecule has 2 aromatic heterocycles. The Labute approximate surface area is 175 Å². The maximum absolute atomic E-state index is 12.9. The molecular formula is C23H23N5O2. The second kappa shape index (κ2) is 7.94. The van der Waals surface area contributed by atoms with Crippen molar-refractivity contribution in [2.45, 2.75) is 25.8 Å². The van der Waals surface area contributed by atoms with E-state index in [1.807, 2.05) is 24.3 Å². The van der Waals surface area contributed by atoms with E-state index in [0.29, 0.717) is 35.7 Å². The Morgan fingerprint density at radius 2 is 1.93 bits per heavy atom. The van der Waals surface area contributed by atoms with Crippen LogP contribution in [0.4, 0.5) is 11.5 Å². The van der Waals surface area contributed by atoms with Gasteiger partial charge < -0.3 is 16.0 Å². The summed E-state index contributed by atoms with van der Waals surface area (Å²) in [5, 5.41) is 8.99. The molecule has 4 rings (SSSR count). The third-order valence-electron chi connectivity index (χ3n) is 5.20. The van der Waals surface area contributed by atoms with Crippen molar-refractivity contribution in [3.8, 4) is 0 Å². The van der Waals surface area contributed by atoms with Crippen molar-refractivity contribution in [3.05, 3.63) is 83.3 Å². The molecule has 1 aliphatic heterocycles. The Bertz CT molecular complexity index is 1100. The molecule has 0 saturated carbocycles. The lowest BCUT2D eigenvalue weighted by molar-refractivity contribution is 0.0928. The predicted octanol–water partition coefficient (Wildman–Crippen LogP) is 3.36. The van der Waals surface area contributed by atoms with Gasteiger partial charge in [0.2, 0.25) is 0 Å². The van der Waals surface area contributed by atoms with Gasteiger partial charge in [0.05, 0.1) is 5.56 Å². The Morgan fingerprint density at radius 3 is 2.73 bits per heavy atom. The smallest absolute Gasteiger partial charge is 0.259 e. The van der Waals surface area contributed by atoms with Gasteiger partial charge in [0.15, 0.2) is 0 Å². The highest BCUT2D eigenvalue weighted by atomic mass is 16.2. The zero-order chi connectivity index (χ0) is 21.1. The summed E-state index contributed by atoms with van der Waals surface area (Å²) in [5.41, 5.74) is 3.44. The predicted molar refractivity (Wildman–Crippen MR) is 116 cm³/mol. The van der Waals surface area contributed by atoms with Crippen LogP contribution in [0.15, 0.2) is 61.1 Å². The molecule has 3 N–H and O–H groups in total. The van der Waals surface area contributed by atoms with Gasteiger partial charge in [-0.15, -0.1) is 0 Å². The summed E-state index contributed by atoms with van der Waals surface area (Å²) in [6.07, 6.45) is 5.07. The van der Waals surface area contributed by atoms with Gasteiger partial charge in [0.25, 0.3) is 11.8 Å². The van der Waals surface area contributed by atoms with Crippen LogP contribution in [0, 0.1) is 0 Å². The zero-order valence-corrected chi connectivity index (χ0v) is 16.9. The third kappa shape index (κ3) is 4.00. The molecule has 0 saturated heterocycles. The average Bonchev–Trinajstić information content (AvgIpc) is 2.76. The molecule has 30 heavy (non-hydrogen) atoms. The molecule has 0 radical (unpaired) electrons. The van der Waals surface area contributed by atoms with E-state index in [0.717, 1.165) is 11.1 Å². The fourth-order valence-corrected chi connectivity index (χ4v) is 3.51. The first-order valence-corrected chi connectivity index (χ1v) is 9.76. The number of pyridine rings is 2. The molecule has 2 amide bonds. The van der Waals surface area contributed by atoms with Gasteiger partial charge in [-0.2, -0.15) is 0 Å². The number of nitrogens with zero attached hydrogens (tertiary/aromatic N) is 2. The van der Waals surface area contributed by atoms with Crippen molar-refractivity contribution in [3.63, 3.8) is 0 Å². The average molecular weight is 401 g/mol. The molecule has 3 heterocycles. The number of carbonyl (C=O) groups excluding carboxylic acids is 2. The van der Waals surface area contributed by atoms with Crippen LogP contribution in [0.1, 0.15) is 45.7 Å². The number of rotatable bonds is 5. The number of aromatic nitrogens is 2. The highest BCUT2D eigenvalue weighted by Crippen LogP contribution is 2.31. The summed E-state index contributed by atoms with van der Waals surface area (Å²) < 4.78 is 0. The highest BCUT2D eigenvalue weighted by molar-refractivity contribution is 6.08. The Hall–Kier alpha value is -3.74. The lowest BCUT2D eigenvalue weighted by atomic mass is 9.79. The first kappa shape index (κ1) is 19.6. The second-order valence-corrected chi connectivity index (χ2v) is 7.89. The minimum atomic E-state index is -0.296. The van der Waals surface area contributed by atoms with Crippen molar-refractivity contribution in [2.24, 2.45) is 0 Å². The normalized spacial score (nSPS) is 14.4. The van der Waals surface area contributed by atoms with Gasteiger partial charge in [-0.1, -0.05) is 19.9 Å². The first-order valence-electron chi connectivity index (χ1n) is 9.76. The van der Waals surface area contributed by atoms with Gasteiger partial charge in [0, 0.05) is 48.3 Å². The number of amides is 2. The number of carbonyl (C=O) groups is 2. The number of hydrogen-bond donors (Lipinski definition) is 3. The molecule has 1 aromatic carbocycles. The number of benzene rings is 1. The van der Waals surface area contributed by atoms with E-state index in [9.17, 15) is 9.59 Å². The van der Waals surface area contributed by atoms with Crippen molar-refractivity contribution in [1.29, 1.82) is 0 Å². The van der Waals surface area contributed by atoms with Gasteiger partial charge in [-0.05, 0) is 47.5 Å². The fraction of sp³-hybridized carbons (Fsp3) is 0.217. The molecule has 0 unspecified atom stereocenters. The maximum Gasteiger partial charge on any atom is 0.259 e. The van der Waals surface area contributed by atoms with Crippen LogP contribution >= 0.6 is 0 Å². The van der Waals surface area contributed by atoms with Crippen molar-refractivity contribution in [2.75, 3.05) is 17.2 Å². The van der Waals surface area contributed by atoms with E-state index >= 15 is 0 Å². The van der Waals surface area contributed by atoms with Gasteiger partial charge in [-0.25, -0.2) is 4.98 Å². The molecule has 0 fully saturated rings. The summed E-state index contributed by atoms with van der Waals surface area (Å²) in [5.74, 6) is 0.0703. The zero-order valence-electron chi connectivity index (χ0n) is 16.9. The van der Waals surface area contributed by atoms with E-state index < -0.39 is 0 Å². The van der Waals surface area contributed by atoms with Crippen LogP contribution < -0.4 is 16.0 Å².